The van der Waals surface area contributed by atoms with Crippen LogP contribution in [0.2, 0.25) is 0 Å². The lowest BCUT2D eigenvalue weighted by atomic mass is 10.1. The third-order valence-electron chi connectivity index (χ3n) is 2.79. The first-order chi connectivity index (χ1) is 8.85. The molecule has 0 radical (unpaired) electrons. The van der Waals surface area contributed by atoms with E-state index in [-0.39, 0.29) is 0 Å². The molecule has 0 spiro atoms. The zero-order valence-electron chi connectivity index (χ0n) is 10.2. The Morgan fingerprint density at radius 3 is 2.78 bits per heavy atom. The molecule has 5 heteroatoms. The molecule has 0 unspecified atom stereocenters. The molecule has 5 nitrogen and oxygen atoms in total. The van der Waals surface area contributed by atoms with Gasteiger partial charge in [-0.2, -0.15) is 4.98 Å². The average molecular weight is 241 g/mol. The quantitative estimate of drug-likeness (QED) is 0.725. The number of aromatic nitrogens is 4. The molecule has 0 bridgehead atoms. The lowest BCUT2D eigenvalue weighted by Crippen LogP contribution is -2.05. The van der Waals surface area contributed by atoms with Gasteiger partial charge in [0, 0.05) is 13.0 Å². The fourth-order valence-corrected chi connectivity index (χ4v) is 2.00. The van der Waals surface area contributed by atoms with Gasteiger partial charge in [0.1, 0.15) is 5.82 Å². The Balaban J connectivity index is 1.83. The topological polar surface area (TPSA) is 58.0 Å². The maximum Gasteiger partial charge on any atom is 0.250 e. The van der Waals surface area contributed by atoms with E-state index in [0.29, 0.717) is 0 Å². The van der Waals surface area contributed by atoms with Crippen molar-refractivity contribution >= 4 is 5.78 Å². The van der Waals surface area contributed by atoms with Crippen LogP contribution >= 0.6 is 0 Å². The SMILES string of the molecule is CNCc1cn2[nH]c(Cc3ccccc3)nc2n1. The summed E-state index contributed by atoms with van der Waals surface area (Å²) in [5, 5.41) is 6.31. The van der Waals surface area contributed by atoms with Gasteiger partial charge in [-0.3, -0.25) is 5.10 Å². The van der Waals surface area contributed by atoms with E-state index in [9.17, 15) is 0 Å². The molecule has 0 aliphatic carbocycles. The number of H-pyrrole nitrogens is 1. The molecule has 0 fully saturated rings. The summed E-state index contributed by atoms with van der Waals surface area (Å²) in [6.45, 7) is 0.755. The van der Waals surface area contributed by atoms with Crippen LogP contribution in [0.25, 0.3) is 5.78 Å². The van der Waals surface area contributed by atoms with Crippen molar-refractivity contribution in [3.63, 3.8) is 0 Å². The number of nitrogens with one attached hydrogen (secondary N) is 2. The number of imidazole rings is 1. The maximum absolute atomic E-state index is 4.48. The Kier molecular flexibility index (Phi) is 2.82. The number of hydrogen-bond donors (Lipinski definition) is 2. The smallest absolute Gasteiger partial charge is 0.250 e. The van der Waals surface area contributed by atoms with Crippen molar-refractivity contribution in [2.45, 2.75) is 13.0 Å². The fourth-order valence-electron chi connectivity index (χ4n) is 2.00. The van der Waals surface area contributed by atoms with Gasteiger partial charge in [-0.25, -0.2) is 9.50 Å². The molecule has 3 rings (SSSR count). The van der Waals surface area contributed by atoms with Crippen LogP contribution in [0.15, 0.2) is 36.5 Å². The second-order valence-corrected chi connectivity index (χ2v) is 4.27. The Morgan fingerprint density at radius 1 is 1.22 bits per heavy atom. The predicted octanol–water partition coefficient (Wildman–Crippen LogP) is 1.37. The van der Waals surface area contributed by atoms with E-state index >= 15 is 0 Å². The fraction of sp³-hybridized carbons (Fsp3) is 0.231. The van der Waals surface area contributed by atoms with Gasteiger partial charge in [0.05, 0.1) is 11.9 Å². The molecule has 92 valence electrons. The maximum atomic E-state index is 4.48. The van der Waals surface area contributed by atoms with Gasteiger partial charge in [-0.15, -0.1) is 0 Å². The van der Waals surface area contributed by atoms with Crippen LogP contribution in [0, 0.1) is 0 Å². The number of rotatable bonds is 4. The van der Waals surface area contributed by atoms with E-state index in [0.717, 1.165) is 30.3 Å². The summed E-state index contributed by atoms with van der Waals surface area (Å²) in [7, 11) is 1.90. The molecule has 1 aromatic carbocycles. The molecule has 0 aliphatic rings. The Labute approximate surface area is 105 Å². The minimum Gasteiger partial charge on any atom is -0.314 e. The van der Waals surface area contributed by atoms with Crippen LogP contribution in [0.4, 0.5) is 0 Å². The second kappa shape index (κ2) is 4.62. The van der Waals surface area contributed by atoms with E-state index in [1.54, 1.807) is 0 Å². The van der Waals surface area contributed by atoms with Crippen molar-refractivity contribution in [1.29, 1.82) is 0 Å². The van der Waals surface area contributed by atoms with Crippen LogP contribution in [-0.4, -0.2) is 26.6 Å². The summed E-state index contributed by atoms with van der Waals surface area (Å²) in [4.78, 5) is 8.90. The highest BCUT2D eigenvalue weighted by Crippen LogP contribution is 2.08. The highest BCUT2D eigenvalue weighted by molar-refractivity contribution is 5.31. The zero-order chi connectivity index (χ0) is 12.4. The van der Waals surface area contributed by atoms with Crippen LogP contribution in [0.3, 0.4) is 0 Å². The molecule has 3 aromatic rings. The van der Waals surface area contributed by atoms with Gasteiger partial charge in [-0.05, 0) is 12.6 Å². The Bertz CT molecular complexity index is 606. The molecule has 0 aliphatic heterocycles. The predicted molar refractivity (Wildman–Crippen MR) is 69.3 cm³/mol. The standard InChI is InChI=1S/C13H15N5/c1-14-8-11-9-18-13(15-11)16-12(17-18)7-10-5-3-2-4-6-10/h2-6,9,14H,7-8H2,1H3,(H,15,16,17). The summed E-state index contributed by atoms with van der Waals surface area (Å²) < 4.78 is 1.87. The first-order valence-corrected chi connectivity index (χ1v) is 5.96. The molecule has 2 heterocycles. The van der Waals surface area contributed by atoms with Crippen LogP contribution in [-0.2, 0) is 13.0 Å². The summed E-state index contributed by atoms with van der Waals surface area (Å²) in [6, 6.07) is 10.3. The number of nitrogens with zero attached hydrogens (tertiary/aromatic N) is 3. The Hall–Kier alpha value is -2.14. The van der Waals surface area contributed by atoms with Gasteiger partial charge in [0.2, 0.25) is 0 Å². The van der Waals surface area contributed by atoms with Crippen LogP contribution in [0.5, 0.6) is 0 Å². The third kappa shape index (κ3) is 2.12. The normalized spacial score (nSPS) is 11.2. The molecule has 0 saturated carbocycles. The molecule has 2 aromatic heterocycles. The molecule has 0 saturated heterocycles. The Morgan fingerprint density at radius 2 is 2.06 bits per heavy atom. The third-order valence-corrected chi connectivity index (χ3v) is 2.79. The van der Waals surface area contributed by atoms with Gasteiger partial charge in [-0.1, -0.05) is 30.3 Å². The lowest BCUT2D eigenvalue weighted by Gasteiger charge is -1.96. The van der Waals surface area contributed by atoms with Crippen molar-refractivity contribution in [2.24, 2.45) is 0 Å². The minimum atomic E-state index is 0.728. The van der Waals surface area contributed by atoms with Crippen molar-refractivity contribution in [3.8, 4) is 0 Å². The van der Waals surface area contributed by atoms with E-state index in [2.05, 4.69) is 32.5 Å². The van der Waals surface area contributed by atoms with Gasteiger partial charge < -0.3 is 5.32 Å². The van der Waals surface area contributed by atoms with Crippen LogP contribution in [0.1, 0.15) is 17.1 Å². The lowest BCUT2D eigenvalue weighted by molar-refractivity contribution is 0.792. The van der Waals surface area contributed by atoms with Gasteiger partial charge >= 0.3 is 0 Å². The first kappa shape index (κ1) is 11.0. The van der Waals surface area contributed by atoms with Gasteiger partial charge in [0.15, 0.2) is 0 Å². The molecular weight excluding hydrogens is 226 g/mol. The molecule has 2 N–H and O–H groups in total. The largest absolute Gasteiger partial charge is 0.314 e. The summed E-state index contributed by atoms with van der Waals surface area (Å²) in [5.41, 5.74) is 2.23. The van der Waals surface area contributed by atoms with Crippen molar-refractivity contribution in [3.05, 3.63) is 53.6 Å². The van der Waals surface area contributed by atoms with E-state index in [1.807, 2.05) is 36.0 Å². The minimum absolute atomic E-state index is 0.728. The number of benzene rings is 1. The second-order valence-electron chi connectivity index (χ2n) is 4.27. The number of aromatic amines is 1. The van der Waals surface area contributed by atoms with Crippen LogP contribution < -0.4 is 5.32 Å². The van der Waals surface area contributed by atoms with Gasteiger partial charge in [0.25, 0.3) is 5.78 Å². The van der Waals surface area contributed by atoms with E-state index in [4.69, 9.17) is 0 Å². The average Bonchev–Trinajstić information content (AvgIpc) is 2.88. The van der Waals surface area contributed by atoms with Crippen molar-refractivity contribution < 1.29 is 0 Å². The summed E-state index contributed by atoms with van der Waals surface area (Å²) >= 11 is 0. The summed E-state index contributed by atoms with van der Waals surface area (Å²) in [5.74, 6) is 1.66. The monoisotopic (exact) mass is 241 g/mol. The first-order valence-electron chi connectivity index (χ1n) is 5.96. The molecule has 0 amide bonds. The number of fused-ring (bicyclic) bond motifs is 1. The van der Waals surface area contributed by atoms with Crippen molar-refractivity contribution in [1.82, 2.24) is 24.9 Å². The molecular formula is C13H15N5. The van der Waals surface area contributed by atoms with E-state index in [1.165, 1.54) is 5.56 Å². The summed E-state index contributed by atoms with van der Waals surface area (Å²) in [6.07, 6.45) is 2.76. The highest BCUT2D eigenvalue weighted by atomic mass is 15.3. The number of hydrogen-bond acceptors (Lipinski definition) is 3. The molecule has 0 atom stereocenters. The van der Waals surface area contributed by atoms with E-state index < -0.39 is 0 Å². The highest BCUT2D eigenvalue weighted by Gasteiger charge is 2.07. The van der Waals surface area contributed by atoms with Crippen molar-refractivity contribution in [2.75, 3.05) is 7.05 Å². The molecule has 18 heavy (non-hydrogen) atoms. The zero-order valence-corrected chi connectivity index (χ0v) is 10.2.